The SMILES string of the molecule is N#Cc1cccc(-c2cc(NC3CCNCC3)c3c[nH]cc3c2)c1. The summed E-state index contributed by atoms with van der Waals surface area (Å²) in [6.07, 6.45) is 6.36. The number of nitriles is 1. The fourth-order valence-electron chi connectivity index (χ4n) is 3.41. The lowest BCUT2D eigenvalue weighted by molar-refractivity contribution is 0.479. The molecule has 1 saturated heterocycles. The van der Waals surface area contributed by atoms with Gasteiger partial charge in [-0.1, -0.05) is 12.1 Å². The second kappa shape index (κ2) is 6.38. The van der Waals surface area contributed by atoms with Crippen LogP contribution < -0.4 is 10.6 Å². The van der Waals surface area contributed by atoms with Crippen molar-refractivity contribution < 1.29 is 0 Å². The lowest BCUT2D eigenvalue weighted by Gasteiger charge is -2.25. The van der Waals surface area contributed by atoms with Gasteiger partial charge in [0.15, 0.2) is 0 Å². The number of piperidine rings is 1. The first-order valence-electron chi connectivity index (χ1n) is 8.42. The van der Waals surface area contributed by atoms with E-state index in [1.807, 2.05) is 30.6 Å². The molecule has 0 spiro atoms. The summed E-state index contributed by atoms with van der Waals surface area (Å²) in [6.45, 7) is 2.13. The number of anilines is 1. The number of fused-ring (bicyclic) bond motifs is 1. The highest BCUT2D eigenvalue weighted by atomic mass is 15.0. The first kappa shape index (κ1) is 14.8. The number of nitrogens with zero attached hydrogens (tertiary/aromatic N) is 1. The van der Waals surface area contributed by atoms with Crippen LogP contribution >= 0.6 is 0 Å². The van der Waals surface area contributed by atoms with Crippen LogP contribution in [0.25, 0.3) is 21.9 Å². The van der Waals surface area contributed by atoms with Crippen molar-refractivity contribution in [2.24, 2.45) is 0 Å². The van der Waals surface area contributed by atoms with Crippen LogP contribution in [0.2, 0.25) is 0 Å². The van der Waals surface area contributed by atoms with Crippen LogP contribution in [0.5, 0.6) is 0 Å². The predicted molar refractivity (Wildman–Crippen MR) is 98.0 cm³/mol. The van der Waals surface area contributed by atoms with Crippen LogP contribution in [-0.4, -0.2) is 24.1 Å². The minimum atomic E-state index is 0.505. The average Bonchev–Trinajstić information content (AvgIpc) is 3.11. The highest BCUT2D eigenvalue weighted by Gasteiger charge is 2.15. The highest BCUT2D eigenvalue weighted by molar-refractivity contribution is 5.97. The molecule has 4 nitrogen and oxygen atoms in total. The Balaban J connectivity index is 1.75. The first-order valence-corrected chi connectivity index (χ1v) is 8.42. The monoisotopic (exact) mass is 316 g/mol. The Morgan fingerprint density at radius 1 is 1.04 bits per heavy atom. The predicted octanol–water partition coefficient (Wildman–Crippen LogP) is 3.87. The number of rotatable bonds is 3. The van der Waals surface area contributed by atoms with Gasteiger partial charge >= 0.3 is 0 Å². The molecule has 24 heavy (non-hydrogen) atoms. The van der Waals surface area contributed by atoms with Crippen LogP contribution in [0.4, 0.5) is 5.69 Å². The molecule has 2 aromatic carbocycles. The summed E-state index contributed by atoms with van der Waals surface area (Å²) < 4.78 is 0. The molecule has 1 fully saturated rings. The molecule has 0 saturated carbocycles. The van der Waals surface area contributed by atoms with Gasteiger partial charge in [-0.15, -0.1) is 0 Å². The second-order valence-corrected chi connectivity index (χ2v) is 6.34. The van der Waals surface area contributed by atoms with Crippen molar-refractivity contribution in [3.8, 4) is 17.2 Å². The standard InChI is InChI=1S/C20H20N4/c21-11-14-2-1-3-15(8-14)16-9-17-12-23-13-19(17)20(10-16)24-18-4-6-22-7-5-18/h1-3,8-10,12-13,18,22-24H,4-7H2. The van der Waals surface area contributed by atoms with E-state index < -0.39 is 0 Å². The molecule has 0 unspecified atom stereocenters. The van der Waals surface area contributed by atoms with Crippen molar-refractivity contribution in [2.45, 2.75) is 18.9 Å². The molecule has 4 heteroatoms. The van der Waals surface area contributed by atoms with Gasteiger partial charge in [-0.25, -0.2) is 0 Å². The van der Waals surface area contributed by atoms with E-state index in [2.05, 4.69) is 39.9 Å². The number of aromatic amines is 1. The topological polar surface area (TPSA) is 63.6 Å². The minimum absolute atomic E-state index is 0.505. The summed E-state index contributed by atoms with van der Waals surface area (Å²) in [5.74, 6) is 0. The number of hydrogen-bond donors (Lipinski definition) is 3. The normalized spacial score (nSPS) is 15.3. The maximum atomic E-state index is 9.15. The maximum Gasteiger partial charge on any atom is 0.0991 e. The Bertz CT molecular complexity index is 897. The van der Waals surface area contributed by atoms with E-state index in [1.165, 1.54) is 10.8 Å². The van der Waals surface area contributed by atoms with Crippen LogP contribution in [-0.2, 0) is 0 Å². The second-order valence-electron chi connectivity index (χ2n) is 6.34. The third kappa shape index (κ3) is 2.86. The molecular formula is C20H20N4. The van der Waals surface area contributed by atoms with Crippen LogP contribution in [0.15, 0.2) is 48.8 Å². The van der Waals surface area contributed by atoms with Crippen molar-refractivity contribution in [1.29, 1.82) is 5.26 Å². The Morgan fingerprint density at radius 2 is 1.92 bits per heavy atom. The van der Waals surface area contributed by atoms with E-state index in [-0.39, 0.29) is 0 Å². The summed E-state index contributed by atoms with van der Waals surface area (Å²) in [5, 5.41) is 18.7. The first-order chi connectivity index (χ1) is 11.8. The Labute approximate surface area is 141 Å². The van der Waals surface area contributed by atoms with Crippen molar-refractivity contribution in [3.05, 3.63) is 54.4 Å². The molecule has 1 aliphatic heterocycles. The van der Waals surface area contributed by atoms with E-state index in [1.54, 1.807) is 0 Å². The molecule has 3 N–H and O–H groups in total. The molecule has 0 amide bonds. The fourth-order valence-corrected chi connectivity index (χ4v) is 3.41. The number of aromatic nitrogens is 1. The molecule has 1 aromatic heterocycles. The smallest absolute Gasteiger partial charge is 0.0991 e. The minimum Gasteiger partial charge on any atom is -0.382 e. The number of benzene rings is 2. The molecule has 4 rings (SSSR count). The zero-order chi connectivity index (χ0) is 16.4. The summed E-state index contributed by atoms with van der Waals surface area (Å²) in [7, 11) is 0. The fraction of sp³-hybridized carbons (Fsp3) is 0.250. The molecule has 0 aliphatic carbocycles. The average molecular weight is 316 g/mol. The molecule has 0 bridgehead atoms. The third-order valence-corrected chi connectivity index (χ3v) is 4.70. The highest BCUT2D eigenvalue weighted by Crippen LogP contribution is 2.32. The zero-order valence-electron chi connectivity index (χ0n) is 13.5. The van der Waals surface area contributed by atoms with Crippen LogP contribution in [0.3, 0.4) is 0 Å². The van der Waals surface area contributed by atoms with Crippen molar-refractivity contribution in [3.63, 3.8) is 0 Å². The van der Waals surface area contributed by atoms with Crippen molar-refractivity contribution in [2.75, 3.05) is 18.4 Å². The van der Waals surface area contributed by atoms with Gasteiger partial charge < -0.3 is 15.6 Å². The van der Waals surface area contributed by atoms with E-state index in [0.29, 0.717) is 11.6 Å². The molecule has 0 radical (unpaired) electrons. The number of hydrogen-bond acceptors (Lipinski definition) is 3. The maximum absolute atomic E-state index is 9.15. The Morgan fingerprint density at radius 3 is 2.75 bits per heavy atom. The van der Waals surface area contributed by atoms with Gasteiger partial charge in [0.25, 0.3) is 0 Å². The van der Waals surface area contributed by atoms with Gasteiger partial charge in [0.1, 0.15) is 0 Å². The number of nitrogens with one attached hydrogen (secondary N) is 3. The van der Waals surface area contributed by atoms with Gasteiger partial charge in [0.2, 0.25) is 0 Å². The van der Waals surface area contributed by atoms with E-state index in [9.17, 15) is 0 Å². The van der Waals surface area contributed by atoms with Gasteiger partial charge in [-0.3, -0.25) is 0 Å². The lowest BCUT2D eigenvalue weighted by atomic mass is 9.99. The molecule has 0 atom stereocenters. The molecule has 2 heterocycles. The molecule has 3 aromatic rings. The van der Waals surface area contributed by atoms with Crippen LogP contribution in [0, 0.1) is 11.3 Å². The zero-order valence-corrected chi connectivity index (χ0v) is 13.5. The van der Waals surface area contributed by atoms with E-state index in [4.69, 9.17) is 5.26 Å². The summed E-state index contributed by atoms with van der Waals surface area (Å²) in [4.78, 5) is 3.21. The quantitative estimate of drug-likeness (QED) is 0.687. The Hall–Kier alpha value is -2.77. The lowest BCUT2D eigenvalue weighted by Crippen LogP contribution is -2.35. The van der Waals surface area contributed by atoms with Crippen LogP contribution in [0.1, 0.15) is 18.4 Å². The number of H-pyrrole nitrogens is 1. The summed E-state index contributed by atoms with van der Waals surface area (Å²) >= 11 is 0. The van der Waals surface area contributed by atoms with E-state index >= 15 is 0 Å². The van der Waals surface area contributed by atoms with Gasteiger partial charge in [-0.2, -0.15) is 5.26 Å². The molecular weight excluding hydrogens is 296 g/mol. The van der Waals surface area contributed by atoms with Crippen molar-refractivity contribution >= 4 is 16.5 Å². The van der Waals surface area contributed by atoms with Crippen molar-refractivity contribution in [1.82, 2.24) is 10.3 Å². The molecule has 120 valence electrons. The largest absolute Gasteiger partial charge is 0.382 e. The van der Waals surface area contributed by atoms with Gasteiger partial charge in [0.05, 0.1) is 11.6 Å². The van der Waals surface area contributed by atoms with Gasteiger partial charge in [-0.05, 0) is 61.3 Å². The Kier molecular flexibility index (Phi) is 3.94. The van der Waals surface area contributed by atoms with Gasteiger partial charge in [0, 0.05) is 34.9 Å². The van der Waals surface area contributed by atoms with E-state index in [0.717, 1.165) is 42.7 Å². The summed E-state index contributed by atoms with van der Waals surface area (Å²) in [5.41, 5.74) is 4.06. The third-order valence-electron chi connectivity index (χ3n) is 4.70. The summed E-state index contributed by atoms with van der Waals surface area (Å²) in [6, 6.07) is 14.9. The molecule has 1 aliphatic rings.